The van der Waals surface area contributed by atoms with Gasteiger partial charge in [0, 0.05) is 18.6 Å². The summed E-state index contributed by atoms with van der Waals surface area (Å²) >= 11 is 0. The molecule has 0 aliphatic carbocycles. The number of aliphatic hydroxyl groups excluding tert-OH is 4. The molecule has 3 aromatic rings. The Morgan fingerprint density at radius 3 is 2.49 bits per heavy atom. The summed E-state index contributed by atoms with van der Waals surface area (Å²) in [5.41, 5.74) is 0.542. The first-order valence-electron chi connectivity index (χ1n) is 12.8. The van der Waals surface area contributed by atoms with Gasteiger partial charge in [0.05, 0.1) is 30.8 Å². The van der Waals surface area contributed by atoms with Crippen LogP contribution in [-0.2, 0) is 20.7 Å². The molecule has 1 aromatic heterocycles. The number of esters is 1. The van der Waals surface area contributed by atoms with Gasteiger partial charge in [-0.15, -0.1) is 0 Å². The van der Waals surface area contributed by atoms with E-state index in [1.807, 2.05) is 0 Å². The lowest BCUT2D eigenvalue weighted by atomic mass is 9.89. The minimum absolute atomic E-state index is 0.00596. The summed E-state index contributed by atoms with van der Waals surface area (Å²) in [7, 11) is 1.36. The van der Waals surface area contributed by atoms with Gasteiger partial charge in [-0.3, -0.25) is 4.79 Å². The van der Waals surface area contributed by atoms with Crippen molar-refractivity contribution in [2.45, 2.75) is 56.9 Å². The zero-order chi connectivity index (χ0) is 30.0. The molecule has 6 atom stereocenters. The number of aliphatic hydroxyl groups is 4. The maximum atomic E-state index is 13.1. The minimum Gasteiger partial charge on any atom is -0.504 e. The first-order chi connectivity index (χ1) is 19.4. The van der Waals surface area contributed by atoms with Gasteiger partial charge in [-0.1, -0.05) is 6.07 Å². The number of aryl methyl sites for hydroxylation is 1. The van der Waals surface area contributed by atoms with E-state index in [9.17, 15) is 40.2 Å². The second-order valence-corrected chi connectivity index (χ2v) is 9.89. The summed E-state index contributed by atoms with van der Waals surface area (Å²) in [5, 5.41) is 60.7. The molecular formula is C29H32O12. The Kier molecular flexibility index (Phi) is 9.00. The highest BCUT2D eigenvalue weighted by Crippen LogP contribution is 2.43. The van der Waals surface area contributed by atoms with Gasteiger partial charge in [0.15, 0.2) is 23.0 Å². The number of carbonyl (C=O) groups is 1. The number of methoxy groups -OCH3 is 1. The van der Waals surface area contributed by atoms with E-state index in [1.54, 1.807) is 13.0 Å². The molecule has 0 bridgehead atoms. The highest BCUT2D eigenvalue weighted by molar-refractivity contribution is 5.88. The van der Waals surface area contributed by atoms with Gasteiger partial charge in [-0.25, -0.2) is 4.79 Å². The number of phenolic OH excluding ortho intramolecular Hbond substituents is 2. The third-order valence-corrected chi connectivity index (χ3v) is 6.78. The molecule has 12 nitrogen and oxygen atoms in total. The number of hydrogen-bond donors (Lipinski definition) is 6. The molecule has 220 valence electrons. The van der Waals surface area contributed by atoms with Gasteiger partial charge in [0.2, 0.25) is 0 Å². The van der Waals surface area contributed by atoms with Crippen molar-refractivity contribution in [3.8, 4) is 17.2 Å². The number of ether oxygens (including phenoxy) is 3. The van der Waals surface area contributed by atoms with E-state index in [-0.39, 0.29) is 40.2 Å². The Bertz CT molecular complexity index is 1510. The number of phenols is 2. The molecule has 0 saturated carbocycles. The quantitative estimate of drug-likeness (QED) is 0.128. The third-order valence-electron chi connectivity index (χ3n) is 6.78. The van der Waals surface area contributed by atoms with Crippen molar-refractivity contribution < 1.29 is 54.1 Å². The highest BCUT2D eigenvalue weighted by atomic mass is 16.6. The predicted octanol–water partition coefficient (Wildman–Crippen LogP) is 1.22. The van der Waals surface area contributed by atoms with Crippen molar-refractivity contribution in [3.63, 3.8) is 0 Å². The molecule has 1 fully saturated rings. The summed E-state index contributed by atoms with van der Waals surface area (Å²) < 4.78 is 23.1. The van der Waals surface area contributed by atoms with Gasteiger partial charge in [0.25, 0.3) is 0 Å². The lowest BCUT2D eigenvalue weighted by Gasteiger charge is -2.42. The van der Waals surface area contributed by atoms with Crippen LogP contribution in [-0.4, -0.2) is 80.8 Å². The molecule has 0 radical (unpaired) electrons. The van der Waals surface area contributed by atoms with Gasteiger partial charge < -0.3 is 49.3 Å². The maximum Gasteiger partial charge on any atom is 0.331 e. The Morgan fingerprint density at radius 1 is 1.12 bits per heavy atom. The Hall–Kier alpha value is -3.94. The molecule has 1 saturated heterocycles. The van der Waals surface area contributed by atoms with Crippen LogP contribution in [0, 0.1) is 6.92 Å². The van der Waals surface area contributed by atoms with Gasteiger partial charge in [-0.2, -0.15) is 0 Å². The molecule has 1 aliphatic heterocycles. The first kappa shape index (κ1) is 30.0. The molecular weight excluding hydrogens is 540 g/mol. The van der Waals surface area contributed by atoms with Crippen molar-refractivity contribution in [2.24, 2.45) is 0 Å². The van der Waals surface area contributed by atoms with Crippen LogP contribution < -0.4 is 10.2 Å². The van der Waals surface area contributed by atoms with Crippen molar-refractivity contribution >= 4 is 23.0 Å². The fraction of sp³-hybridized carbons (Fsp3) is 0.379. The molecule has 4 rings (SSSR count). The summed E-state index contributed by atoms with van der Waals surface area (Å²) in [4.78, 5) is 26.0. The van der Waals surface area contributed by atoms with Crippen LogP contribution in [0.1, 0.15) is 35.5 Å². The first-order valence-corrected chi connectivity index (χ1v) is 12.8. The topological polar surface area (TPSA) is 196 Å². The smallest absolute Gasteiger partial charge is 0.331 e. The monoisotopic (exact) mass is 572 g/mol. The number of carbonyl (C=O) groups excluding carboxylic acids is 1. The standard InChI is InChI=1S/C29H32O12/c1-13-8-20(38-3)24(27-23(13)19(34)11-16(39-27)9-14(2)31)28-29(26(37)25(36)21(12-30)40-28)41-22(35)7-5-15-4-6-17(32)18(33)10-15/h4-8,10-11,14,21,25-26,28-33,36-37H,9,12H2,1-3H3/b7-5+/t14-,21+,25+,26-,28-,29+/m0/s1. The van der Waals surface area contributed by atoms with Crippen molar-refractivity contribution in [1.29, 1.82) is 0 Å². The van der Waals surface area contributed by atoms with Crippen LogP contribution in [0.3, 0.4) is 0 Å². The van der Waals surface area contributed by atoms with E-state index in [4.69, 9.17) is 18.6 Å². The summed E-state index contributed by atoms with van der Waals surface area (Å²) in [6.07, 6.45) is -6.15. The second kappa shape index (κ2) is 12.3. The molecule has 2 aromatic carbocycles. The average molecular weight is 573 g/mol. The van der Waals surface area contributed by atoms with Crippen LogP contribution in [0.2, 0.25) is 0 Å². The second-order valence-electron chi connectivity index (χ2n) is 9.89. The minimum atomic E-state index is -1.74. The summed E-state index contributed by atoms with van der Waals surface area (Å²) in [6, 6.07) is 6.69. The van der Waals surface area contributed by atoms with Crippen molar-refractivity contribution in [1.82, 2.24) is 0 Å². The van der Waals surface area contributed by atoms with Crippen LogP contribution in [0.15, 0.2) is 45.6 Å². The Morgan fingerprint density at radius 2 is 1.85 bits per heavy atom. The number of aromatic hydroxyl groups is 2. The van der Waals surface area contributed by atoms with Gasteiger partial charge >= 0.3 is 5.97 Å². The summed E-state index contributed by atoms with van der Waals surface area (Å²) in [6.45, 7) is 2.50. The Balaban J connectivity index is 1.82. The molecule has 6 N–H and O–H groups in total. The Labute approximate surface area is 234 Å². The molecule has 41 heavy (non-hydrogen) atoms. The number of fused-ring (bicyclic) bond motifs is 1. The molecule has 0 amide bonds. The fourth-order valence-electron chi connectivity index (χ4n) is 4.83. The summed E-state index contributed by atoms with van der Waals surface area (Å²) in [5.74, 6) is -1.38. The normalized spacial score (nSPS) is 23.5. The number of hydrogen-bond acceptors (Lipinski definition) is 12. The predicted molar refractivity (Wildman–Crippen MR) is 145 cm³/mol. The molecule has 2 heterocycles. The van der Waals surface area contributed by atoms with Crippen LogP contribution in [0.4, 0.5) is 0 Å². The SMILES string of the molecule is COc1cc(C)c2c(=O)cc(C[C@H](C)O)oc2c1[C@@H]1O[C@H](CO)[C@@H](O)[C@H](O)[C@H]1OC(=O)/C=C/c1ccc(O)c(O)c1. The van der Waals surface area contributed by atoms with Crippen molar-refractivity contribution in [2.75, 3.05) is 13.7 Å². The zero-order valence-corrected chi connectivity index (χ0v) is 22.6. The van der Waals surface area contributed by atoms with Crippen LogP contribution in [0.5, 0.6) is 17.2 Å². The fourth-order valence-corrected chi connectivity index (χ4v) is 4.83. The lowest BCUT2D eigenvalue weighted by molar-refractivity contribution is -0.239. The van der Waals surface area contributed by atoms with E-state index in [1.165, 1.54) is 44.4 Å². The third kappa shape index (κ3) is 6.21. The van der Waals surface area contributed by atoms with Crippen LogP contribution in [0.25, 0.3) is 17.0 Å². The van der Waals surface area contributed by atoms with E-state index in [2.05, 4.69) is 0 Å². The molecule has 0 spiro atoms. The van der Waals surface area contributed by atoms with Gasteiger partial charge in [-0.05, 0) is 49.2 Å². The molecule has 12 heteroatoms. The van der Waals surface area contributed by atoms with E-state index in [0.717, 1.165) is 6.08 Å². The zero-order valence-electron chi connectivity index (χ0n) is 22.6. The van der Waals surface area contributed by atoms with E-state index in [0.29, 0.717) is 11.1 Å². The maximum absolute atomic E-state index is 13.1. The largest absolute Gasteiger partial charge is 0.504 e. The molecule has 0 unspecified atom stereocenters. The molecule has 1 aliphatic rings. The van der Waals surface area contributed by atoms with E-state index < -0.39 is 60.4 Å². The average Bonchev–Trinajstić information content (AvgIpc) is 2.91. The van der Waals surface area contributed by atoms with Crippen LogP contribution >= 0.6 is 0 Å². The van der Waals surface area contributed by atoms with E-state index >= 15 is 0 Å². The lowest BCUT2D eigenvalue weighted by Crippen LogP contribution is -2.56. The van der Waals surface area contributed by atoms with Crippen molar-refractivity contribution in [3.05, 3.63) is 69.1 Å². The number of rotatable bonds is 8. The van der Waals surface area contributed by atoms with Gasteiger partial charge in [0.1, 0.15) is 41.5 Å². The highest BCUT2D eigenvalue weighted by Gasteiger charge is 2.49. The number of benzene rings is 2.